The van der Waals surface area contributed by atoms with Gasteiger partial charge in [-0.3, -0.25) is 9.69 Å². The van der Waals surface area contributed by atoms with E-state index < -0.39 is 0 Å². The summed E-state index contributed by atoms with van der Waals surface area (Å²) in [6, 6.07) is 12.3. The lowest BCUT2D eigenvalue weighted by atomic mass is 9.76. The monoisotopic (exact) mass is 390 g/mol. The molecule has 2 aromatic heterocycles. The second-order valence-electron chi connectivity index (χ2n) is 8.40. The molecule has 2 unspecified atom stereocenters. The van der Waals surface area contributed by atoms with Gasteiger partial charge >= 0.3 is 0 Å². The van der Waals surface area contributed by atoms with Gasteiger partial charge in [-0.1, -0.05) is 30.3 Å². The second kappa shape index (κ2) is 7.48. The van der Waals surface area contributed by atoms with E-state index in [0.29, 0.717) is 5.92 Å². The summed E-state index contributed by atoms with van der Waals surface area (Å²) in [6.45, 7) is 4.84. The summed E-state index contributed by atoms with van der Waals surface area (Å²) in [7, 11) is 0. The Morgan fingerprint density at radius 1 is 1.10 bits per heavy atom. The summed E-state index contributed by atoms with van der Waals surface area (Å²) >= 11 is 0. The summed E-state index contributed by atoms with van der Waals surface area (Å²) in [4.78, 5) is 31.3. The Hall–Kier alpha value is -2.93. The van der Waals surface area contributed by atoms with Crippen LogP contribution in [-0.2, 0) is 13.0 Å². The number of anilines is 1. The largest absolute Gasteiger partial charge is 0.355 e. The number of benzene rings is 1. The fraction of sp³-hybridized carbons (Fsp3) is 0.409. The topological polar surface area (TPSA) is 80.9 Å². The third-order valence-corrected chi connectivity index (χ3v) is 6.50. The minimum Gasteiger partial charge on any atom is -0.355 e. The van der Waals surface area contributed by atoms with Gasteiger partial charge < -0.3 is 14.9 Å². The highest BCUT2D eigenvalue weighted by molar-refractivity contribution is 5.40. The van der Waals surface area contributed by atoms with Crippen LogP contribution in [0.15, 0.2) is 59.9 Å². The third kappa shape index (κ3) is 3.70. The van der Waals surface area contributed by atoms with Gasteiger partial charge in [0.05, 0.1) is 12.9 Å². The molecule has 2 aliphatic heterocycles. The molecule has 1 aromatic carbocycles. The average molecular weight is 390 g/mol. The number of hydrogen-bond acceptors (Lipinski definition) is 5. The van der Waals surface area contributed by atoms with Crippen molar-refractivity contribution in [3.05, 3.63) is 76.9 Å². The zero-order chi connectivity index (χ0) is 19.7. The van der Waals surface area contributed by atoms with Crippen LogP contribution < -0.4 is 10.5 Å². The van der Waals surface area contributed by atoms with Gasteiger partial charge in [-0.05, 0) is 24.3 Å². The Balaban J connectivity index is 1.36. The molecule has 5 rings (SSSR count). The molecule has 0 spiro atoms. The Bertz CT molecular complexity index is 1000. The minimum atomic E-state index is -0.0927. The molecule has 7 heteroatoms. The molecular formula is C22H26N6O. The van der Waals surface area contributed by atoms with Gasteiger partial charge in [0, 0.05) is 50.1 Å². The first-order chi connectivity index (χ1) is 14.2. The summed E-state index contributed by atoms with van der Waals surface area (Å²) in [5.41, 5.74) is 1.50. The average Bonchev–Trinajstić information content (AvgIpc) is 3.43. The fourth-order valence-corrected chi connectivity index (χ4v) is 5.11. The molecule has 0 aliphatic carbocycles. The maximum Gasteiger partial charge on any atom is 0.252 e. The number of fused-ring (bicyclic) bond motifs is 1. The lowest BCUT2D eigenvalue weighted by Crippen LogP contribution is -2.35. The molecule has 4 heterocycles. The number of aromatic nitrogens is 4. The van der Waals surface area contributed by atoms with Gasteiger partial charge in [0.15, 0.2) is 0 Å². The van der Waals surface area contributed by atoms with Crippen LogP contribution in [0.4, 0.5) is 5.82 Å². The standard InChI is InChI=1S/C22H26N6O/c29-21-10-20(25-16-26-21)28-12-18-11-27(13-19-23-8-9-24-19)14-22(18,15-28)7-6-17-4-2-1-3-5-17/h1-5,8-10,16,18H,6-7,11-15H2,(H,23,24)(H,25,26,29). The lowest BCUT2D eigenvalue weighted by Gasteiger charge is -2.30. The van der Waals surface area contributed by atoms with Crippen LogP contribution in [0.25, 0.3) is 0 Å². The van der Waals surface area contributed by atoms with E-state index in [1.165, 1.54) is 11.9 Å². The van der Waals surface area contributed by atoms with Crippen LogP contribution in [-0.4, -0.2) is 51.0 Å². The van der Waals surface area contributed by atoms with Crippen LogP contribution in [0, 0.1) is 11.3 Å². The van der Waals surface area contributed by atoms with Crippen molar-refractivity contribution in [1.82, 2.24) is 24.8 Å². The van der Waals surface area contributed by atoms with Gasteiger partial charge in [-0.2, -0.15) is 0 Å². The summed E-state index contributed by atoms with van der Waals surface area (Å²) < 4.78 is 0. The highest BCUT2D eigenvalue weighted by atomic mass is 16.1. The number of nitrogens with zero attached hydrogens (tertiary/aromatic N) is 4. The van der Waals surface area contributed by atoms with E-state index in [0.717, 1.165) is 57.2 Å². The summed E-state index contributed by atoms with van der Waals surface area (Å²) in [5.74, 6) is 2.37. The molecule has 2 atom stereocenters. The van der Waals surface area contributed by atoms with Crippen LogP contribution in [0.3, 0.4) is 0 Å². The predicted octanol–water partition coefficient (Wildman–Crippen LogP) is 2.06. The van der Waals surface area contributed by atoms with Crippen molar-refractivity contribution >= 4 is 5.82 Å². The highest BCUT2D eigenvalue weighted by Gasteiger charge is 2.52. The highest BCUT2D eigenvalue weighted by Crippen LogP contribution is 2.46. The van der Waals surface area contributed by atoms with E-state index in [1.54, 1.807) is 6.07 Å². The normalized spacial score (nSPS) is 24.1. The van der Waals surface area contributed by atoms with Gasteiger partial charge in [-0.15, -0.1) is 0 Å². The summed E-state index contributed by atoms with van der Waals surface area (Å²) in [5, 5.41) is 0. The van der Waals surface area contributed by atoms with Gasteiger partial charge in [0.2, 0.25) is 0 Å². The first-order valence-electron chi connectivity index (χ1n) is 10.2. The maximum atomic E-state index is 11.8. The van der Waals surface area contributed by atoms with Crippen molar-refractivity contribution < 1.29 is 0 Å². The molecule has 0 amide bonds. The number of aryl methyl sites for hydroxylation is 1. The molecule has 0 bridgehead atoms. The van der Waals surface area contributed by atoms with Crippen molar-refractivity contribution in [3.63, 3.8) is 0 Å². The first kappa shape index (κ1) is 18.1. The molecule has 2 saturated heterocycles. The molecule has 2 N–H and O–H groups in total. The van der Waals surface area contributed by atoms with Gasteiger partial charge in [0.25, 0.3) is 5.56 Å². The van der Waals surface area contributed by atoms with E-state index in [1.807, 2.05) is 12.4 Å². The summed E-state index contributed by atoms with van der Waals surface area (Å²) in [6.07, 6.45) is 7.42. The number of nitrogens with one attached hydrogen (secondary N) is 2. The Labute approximate surface area is 169 Å². The van der Waals surface area contributed by atoms with Crippen molar-refractivity contribution in [2.75, 3.05) is 31.1 Å². The van der Waals surface area contributed by atoms with Crippen molar-refractivity contribution in [2.45, 2.75) is 19.4 Å². The third-order valence-electron chi connectivity index (χ3n) is 6.50. The van der Waals surface area contributed by atoms with Crippen LogP contribution in [0.5, 0.6) is 0 Å². The van der Waals surface area contributed by atoms with E-state index in [9.17, 15) is 4.79 Å². The number of H-pyrrole nitrogens is 2. The molecular weight excluding hydrogens is 364 g/mol. The predicted molar refractivity (Wildman–Crippen MR) is 112 cm³/mol. The Kier molecular flexibility index (Phi) is 4.67. The molecule has 2 fully saturated rings. The molecule has 7 nitrogen and oxygen atoms in total. The molecule has 0 saturated carbocycles. The van der Waals surface area contributed by atoms with Crippen molar-refractivity contribution in [2.24, 2.45) is 11.3 Å². The first-order valence-corrected chi connectivity index (χ1v) is 10.2. The lowest BCUT2D eigenvalue weighted by molar-refractivity contribution is 0.238. The molecule has 29 heavy (non-hydrogen) atoms. The number of rotatable bonds is 6. The number of hydrogen-bond donors (Lipinski definition) is 2. The number of likely N-dealkylation sites (tertiary alicyclic amines) is 1. The minimum absolute atomic E-state index is 0.0927. The van der Waals surface area contributed by atoms with Gasteiger partial charge in [0.1, 0.15) is 11.6 Å². The SMILES string of the molecule is O=c1cc(N2CC3CN(Cc4ncc[nH]4)CC3(CCc3ccccc3)C2)nc[nH]1. The van der Waals surface area contributed by atoms with E-state index >= 15 is 0 Å². The van der Waals surface area contributed by atoms with E-state index in [2.05, 4.69) is 60.1 Å². The quantitative estimate of drug-likeness (QED) is 0.673. The fourth-order valence-electron chi connectivity index (χ4n) is 5.11. The van der Waals surface area contributed by atoms with Gasteiger partial charge in [-0.25, -0.2) is 9.97 Å². The van der Waals surface area contributed by atoms with Crippen LogP contribution >= 0.6 is 0 Å². The van der Waals surface area contributed by atoms with Crippen molar-refractivity contribution in [3.8, 4) is 0 Å². The second-order valence-corrected chi connectivity index (χ2v) is 8.40. The molecule has 3 aromatic rings. The Morgan fingerprint density at radius 3 is 2.79 bits per heavy atom. The number of aromatic amines is 2. The van der Waals surface area contributed by atoms with E-state index in [4.69, 9.17) is 0 Å². The Morgan fingerprint density at radius 2 is 2.00 bits per heavy atom. The maximum absolute atomic E-state index is 11.8. The molecule has 2 aliphatic rings. The smallest absolute Gasteiger partial charge is 0.252 e. The molecule has 0 radical (unpaired) electrons. The van der Waals surface area contributed by atoms with Crippen LogP contribution in [0.1, 0.15) is 17.8 Å². The van der Waals surface area contributed by atoms with Crippen LogP contribution in [0.2, 0.25) is 0 Å². The zero-order valence-electron chi connectivity index (χ0n) is 16.4. The molecule has 150 valence electrons. The van der Waals surface area contributed by atoms with E-state index in [-0.39, 0.29) is 11.0 Å². The number of imidazole rings is 1. The zero-order valence-corrected chi connectivity index (χ0v) is 16.4. The van der Waals surface area contributed by atoms with Crippen molar-refractivity contribution in [1.29, 1.82) is 0 Å².